The van der Waals surface area contributed by atoms with E-state index in [9.17, 15) is 9.90 Å². The van der Waals surface area contributed by atoms with Crippen LogP contribution in [-0.4, -0.2) is 81.3 Å². The van der Waals surface area contributed by atoms with Gasteiger partial charge in [0.2, 0.25) is 5.91 Å². The summed E-state index contributed by atoms with van der Waals surface area (Å²) in [5.41, 5.74) is 4.19. The number of piperidine rings is 1. The molecule has 1 aromatic carbocycles. The molecule has 0 spiro atoms. The largest absolute Gasteiger partial charge is 0.387 e. The van der Waals surface area contributed by atoms with E-state index in [1.807, 2.05) is 33.2 Å². The van der Waals surface area contributed by atoms with Crippen LogP contribution < -0.4 is 0 Å². The predicted molar refractivity (Wildman–Crippen MR) is 137 cm³/mol. The van der Waals surface area contributed by atoms with E-state index < -0.39 is 6.61 Å². The summed E-state index contributed by atoms with van der Waals surface area (Å²) in [6, 6.07) is 7.01. The number of hydrogen-bond donors (Lipinski definition) is 2. The molecule has 4 rings (SSSR count). The summed E-state index contributed by atoms with van der Waals surface area (Å²) >= 11 is 0. The fourth-order valence-electron chi connectivity index (χ4n) is 4.77. The molecule has 1 atom stereocenters. The van der Waals surface area contributed by atoms with Gasteiger partial charge in [0.05, 0.1) is 5.69 Å². The van der Waals surface area contributed by atoms with Crippen LogP contribution >= 0.6 is 0 Å². The molecule has 36 heavy (non-hydrogen) atoms. The molecule has 1 aliphatic heterocycles. The molecule has 9 heteroatoms. The molecule has 1 unspecified atom stereocenters. The van der Waals surface area contributed by atoms with Crippen molar-refractivity contribution in [1.29, 1.82) is 0 Å². The first kappa shape index (κ1) is 25.9. The molecule has 8 nitrogen and oxygen atoms in total. The van der Waals surface area contributed by atoms with E-state index in [0.29, 0.717) is 42.9 Å². The Morgan fingerprint density at radius 3 is 2.69 bits per heavy atom. The average Bonchev–Trinajstić information content (AvgIpc) is 3.31. The summed E-state index contributed by atoms with van der Waals surface area (Å²) in [6.07, 6.45) is 4.12. The fourth-order valence-corrected chi connectivity index (χ4v) is 4.77. The third-order valence-corrected chi connectivity index (χ3v) is 6.95. The lowest BCUT2D eigenvalue weighted by atomic mass is 9.88. The normalized spacial score (nSPS) is 15.5. The van der Waals surface area contributed by atoms with Crippen LogP contribution in [0.2, 0.25) is 0 Å². The maximum atomic E-state index is 15.1. The smallest absolute Gasteiger partial charge is 0.248 e. The van der Waals surface area contributed by atoms with E-state index in [1.165, 1.54) is 6.07 Å². The van der Waals surface area contributed by atoms with Crippen LogP contribution in [0.3, 0.4) is 0 Å². The van der Waals surface area contributed by atoms with Gasteiger partial charge in [0.15, 0.2) is 0 Å². The average molecular weight is 495 g/mol. The molecule has 1 amide bonds. The highest BCUT2D eigenvalue weighted by molar-refractivity contribution is 5.82. The van der Waals surface area contributed by atoms with Gasteiger partial charge in [0.1, 0.15) is 23.9 Å². The molecule has 0 saturated carbocycles. The number of aliphatic hydroxyl groups is 1. The van der Waals surface area contributed by atoms with E-state index in [1.54, 1.807) is 17.2 Å². The predicted octanol–water partition coefficient (Wildman–Crippen LogP) is 3.73. The molecule has 1 aliphatic rings. The van der Waals surface area contributed by atoms with Crippen molar-refractivity contribution in [3.63, 3.8) is 0 Å². The van der Waals surface area contributed by atoms with Crippen molar-refractivity contribution < 1.29 is 14.3 Å². The van der Waals surface area contributed by atoms with Gasteiger partial charge in [-0.2, -0.15) is 5.10 Å². The lowest BCUT2D eigenvalue weighted by Gasteiger charge is -2.31. The first-order valence-corrected chi connectivity index (χ1v) is 12.5. The van der Waals surface area contributed by atoms with Crippen LogP contribution in [-0.2, 0) is 4.79 Å². The molecule has 1 saturated heterocycles. The Labute approximate surface area is 211 Å². The summed E-state index contributed by atoms with van der Waals surface area (Å²) in [5.74, 6) is 0.427. The number of nitrogens with zero attached hydrogens (tertiary/aromatic N) is 5. The Balaban J connectivity index is 1.74. The lowest BCUT2D eigenvalue weighted by Crippen LogP contribution is -2.39. The number of benzene rings is 1. The SMILES string of the molecule is Cc1ccc(-c2n[nH]c(C3CCN(C(=O)CO)CC3)c2-c2ccnc(C(C)CCN(C)C)n2)c(F)c1. The van der Waals surface area contributed by atoms with E-state index in [2.05, 4.69) is 27.0 Å². The van der Waals surface area contributed by atoms with Crippen molar-refractivity contribution in [3.8, 4) is 22.5 Å². The van der Waals surface area contributed by atoms with Crippen LogP contribution in [0.1, 0.15) is 55.1 Å². The number of aromatic amines is 1. The van der Waals surface area contributed by atoms with Gasteiger partial charge < -0.3 is 14.9 Å². The van der Waals surface area contributed by atoms with Crippen molar-refractivity contribution in [2.75, 3.05) is 40.3 Å². The van der Waals surface area contributed by atoms with E-state index in [4.69, 9.17) is 4.98 Å². The zero-order valence-corrected chi connectivity index (χ0v) is 21.5. The summed E-state index contributed by atoms with van der Waals surface area (Å²) in [7, 11) is 4.09. The molecule has 192 valence electrons. The number of aliphatic hydroxyl groups excluding tert-OH is 1. The molecule has 0 aliphatic carbocycles. The number of rotatable bonds is 8. The topological polar surface area (TPSA) is 98.2 Å². The Kier molecular flexibility index (Phi) is 8.11. The Morgan fingerprint density at radius 1 is 1.28 bits per heavy atom. The molecule has 3 aromatic rings. The number of hydrogen-bond acceptors (Lipinski definition) is 6. The number of aryl methyl sites for hydroxylation is 1. The zero-order chi connectivity index (χ0) is 25.8. The second-order valence-electron chi connectivity index (χ2n) is 9.95. The summed E-state index contributed by atoms with van der Waals surface area (Å²) in [5, 5.41) is 17.0. The van der Waals surface area contributed by atoms with Crippen LogP contribution in [0.4, 0.5) is 4.39 Å². The van der Waals surface area contributed by atoms with Crippen LogP contribution in [0.25, 0.3) is 22.5 Å². The number of nitrogens with one attached hydrogen (secondary N) is 1. The monoisotopic (exact) mass is 494 g/mol. The van der Waals surface area contributed by atoms with Gasteiger partial charge in [-0.25, -0.2) is 14.4 Å². The highest BCUT2D eigenvalue weighted by Gasteiger charge is 2.30. The first-order valence-electron chi connectivity index (χ1n) is 12.5. The quantitative estimate of drug-likeness (QED) is 0.495. The number of carbonyl (C=O) groups is 1. The van der Waals surface area contributed by atoms with Crippen molar-refractivity contribution in [1.82, 2.24) is 30.0 Å². The third kappa shape index (κ3) is 5.63. The number of likely N-dealkylation sites (tertiary alicyclic amines) is 1. The first-order chi connectivity index (χ1) is 17.3. The van der Waals surface area contributed by atoms with Crippen molar-refractivity contribution in [3.05, 3.63) is 53.4 Å². The summed E-state index contributed by atoms with van der Waals surface area (Å²) in [4.78, 5) is 25.2. The highest BCUT2D eigenvalue weighted by Crippen LogP contribution is 2.40. The number of amides is 1. The molecule has 3 heterocycles. The molecule has 2 aromatic heterocycles. The molecular formula is C27H35FN6O2. The number of carbonyl (C=O) groups excluding carboxylic acids is 1. The maximum Gasteiger partial charge on any atom is 0.248 e. The van der Waals surface area contributed by atoms with Gasteiger partial charge >= 0.3 is 0 Å². The minimum absolute atomic E-state index is 0.0992. The minimum atomic E-state index is -0.480. The molecular weight excluding hydrogens is 459 g/mol. The second-order valence-corrected chi connectivity index (χ2v) is 9.95. The molecule has 2 N–H and O–H groups in total. The lowest BCUT2D eigenvalue weighted by molar-refractivity contribution is -0.135. The Morgan fingerprint density at radius 2 is 2.03 bits per heavy atom. The fraction of sp³-hybridized carbons (Fsp3) is 0.481. The number of H-pyrrole nitrogens is 1. The van der Waals surface area contributed by atoms with Gasteiger partial charge in [-0.1, -0.05) is 13.0 Å². The molecule has 1 fully saturated rings. The standard InChI is InChI=1S/C27H35FN6O2/c1-17-5-6-20(21(28)15-17)26-24(22-7-11-29-27(30-22)18(2)8-12-33(3)4)25(31-32-26)19-9-13-34(14-10-19)23(36)16-35/h5-7,11,15,18-19,35H,8-10,12-14,16H2,1-4H3,(H,31,32). The Hall–Kier alpha value is -3.17. The summed E-state index contributed by atoms with van der Waals surface area (Å²) < 4.78 is 15.1. The van der Waals surface area contributed by atoms with Gasteiger partial charge in [-0.05, 0) is 70.6 Å². The zero-order valence-electron chi connectivity index (χ0n) is 21.5. The maximum absolute atomic E-state index is 15.1. The van der Waals surface area contributed by atoms with Crippen LogP contribution in [0, 0.1) is 12.7 Å². The minimum Gasteiger partial charge on any atom is -0.387 e. The van der Waals surface area contributed by atoms with E-state index in [0.717, 1.165) is 35.6 Å². The van der Waals surface area contributed by atoms with E-state index >= 15 is 4.39 Å². The highest BCUT2D eigenvalue weighted by atomic mass is 19.1. The number of halogens is 1. The van der Waals surface area contributed by atoms with Gasteiger partial charge in [-0.15, -0.1) is 0 Å². The van der Waals surface area contributed by atoms with Crippen molar-refractivity contribution in [2.45, 2.75) is 44.9 Å². The molecule has 0 radical (unpaired) electrons. The van der Waals surface area contributed by atoms with Gasteiger partial charge in [0.25, 0.3) is 0 Å². The van der Waals surface area contributed by atoms with E-state index in [-0.39, 0.29) is 23.6 Å². The Bertz CT molecular complexity index is 1200. The van der Waals surface area contributed by atoms with Crippen molar-refractivity contribution in [2.24, 2.45) is 0 Å². The second kappa shape index (κ2) is 11.3. The van der Waals surface area contributed by atoms with Gasteiger partial charge in [-0.3, -0.25) is 9.89 Å². The number of aromatic nitrogens is 4. The van der Waals surface area contributed by atoms with Gasteiger partial charge in [0, 0.05) is 47.9 Å². The summed E-state index contributed by atoms with van der Waals surface area (Å²) in [6.45, 7) is 5.52. The third-order valence-electron chi connectivity index (χ3n) is 6.95. The molecule has 0 bridgehead atoms. The van der Waals surface area contributed by atoms with Crippen LogP contribution in [0.15, 0.2) is 30.5 Å². The van der Waals surface area contributed by atoms with Crippen LogP contribution in [0.5, 0.6) is 0 Å². The van der Waals surface area contributed by atoms with Crippen molar-refractivity contribution >= 4 is 5.91 Å².